The first-order chi connectivity index (χ1) is 33.9. The number of para-hydroxylation sites is 2. The molecule has 0 spiro atoms. The first kappa shape index (κ1) is 19.6. The number of fused-ring (bicyclic) bond motifs is 3. The summed E-state index contributed by atoms with van der Waals surface area (Å²) < 4.78 is 143. The predicted molar refractivity (Wildman–Crippen MR) is 227 cm³/mol. The van der Waals surface area contributed by atoms with Crippen molar-refractivity contribution in [3.8, 4) is 73.2 Å². The van der Waals surface area contributed by atoms with E-state index in [1.807, 2.05) is 84.9 Å². The zero-order chi connectivity index (χ0) is 50.5. The van der Waals surface area contributed by atoms with Crippen LogP contribution in [0.15, 0.2) is 206 Å². The molecule has 0 unspecified atom stereocenters. The van der Waals surface area contributed by atoms with Gasteiger partial charge in [0, 0.05) is 38.7 Å². The zero-order valence-electron chi connectivity index (χ0n) is 44.7. The maximum absolute atomic E-state index is 9.41. The van der Waals surface area contributed by atoms with Gasteiger partial charge in [-0.2, -0.15) is 0 Å². The van der Waals surface area contributed by atoms with Crippen molar-refractivity contribution in [2.75, 3.05) is 0 Å². The predicted octanol–water partition coefficient (Wildman–Crippen LogP) is 13.0. The lowest BCUT2D eigenvalue weighted by Crippen LogP contribution is -2.00. The van der Waals surface area contributed by atoms with Crippen molar-refractivity contribution < 1.29 is 21.9 Å². The summed E-state index contributed by atoms with van der Waals surface area (Å²) in [7, 11) is 0. The summed E-state index contributed by atoms with van der Waals surface area (Å²) in [6.45, 7) is 0. The van der Waals surface area contributed by atoms with Crippen LogP contribution in [0.2, 0.25) is 0 Å². The maximum Gasteiger partial charge on any atom is 0.164 e. The van der Waals surface area contributed by atoms with Crippen molar-refractivity contribution in [2.24, 2.45) is 0 Å². The summed E-state index contributed by atoms with van der Waals surface area (Å²) in [5, 5.41) is -0.511. The van der Waals surface area contributed by atoms with Crippen LogP contribution in [0.25, 0.3) is 95.0 Å². The first-order valence-electron chi connectivity index (χ1n) is 25.2. The third-order valence-corrected chi connectivity index (χ3v) is 9.15. The normalized spacial score (nSPS) is 15.3. The minimum Gasteiger partial charge on any atom is -0.309 e. The van der Waals surface area contributed by atoms with Gasteiger partial charge in [-0.1, -0.05) is 188 Å². The molecule has 0 aliphatic rings. The second-order valence-corrected chi connectivity index (χ2v) is 12.4. The Balaban J connectivity index is 1.22. The van der Waals surface area contributed by atoms with Gasteiger partial charge in [0.2, 0.25) is 0 Å². The molecule has 0 N–H and O–H groups in total. The van der Waals surface area contributed by atoms with Gasteiger partial charge in [-0.25, -0.2) is 15.0 Å². The number of hydrogen-bond acceptors (Lipinski definition) is 3. The molecule has 2 heterocycles. The molecule has 4 nitrogen and oxygen atoms in total. The Labute approximate surface area is 342 Å². The lowest BCUT2D eigenvalue weighted by atomic mass is 10.0. The Morgan fingerprint density at radius 1 is 0.345 bits per heavy atom. The Morgan fingerprint density at radius 2 is 0.818 bits per heavy atom. The summed E-state index contributed by atoms with van der Waals surface area (Å²) in [6.07, 6.45) is 0. The van der Waals surface area contributed by atoms with Crippen LogP contribution >= 0.6 is 0 Å². The Hall–Kier alpha value is -7.43. The van der Waals surface area contributed by atoms with E-state index in [1.165, 1.54) is 0 Å². The minimum absolute atomic E-state index is 0.0908. The van der Waals surface area contributed by atoms with E-state index in [0.717, 1.165) is 26.8 Å². The molecule has 55 heavy (non-hydrogen) atoms. The van der Waals surface area contributed by atoms with Gasteiger partial charge in [-0.05, 0) is 45.9 Å². The fourth-order valence-electron chi connectivity index (χ4n) is 6.50. The van der Waals surface area contributed by atoms with Gasteiger partial charge >= 0.3 is 0 Å². The molecule has 0 radical (unpaired) electrons. The van der Waals surface area contributed by atoms with E-state index >= 15 is 0 Å². The summed E-state index contributed by atoms with van der Waals surface area (Å²) >= 11 is 0. The highest BCUT2D eigenvalue weighted by Gasteiger charge is 2.18. The Bertz CT molecular complexity index is 3810. The molecule has 2 aromatic heterocycles. The van der Waals surface area contributed by atoms with Crippen LogP contribution in [-0.2, 0) is 0 Å². The molecular formula is C51H34N4. The van der Waals surface area contributed by atoms with Gasteiger partial charge in [0.15, 0.2) is 17.5 Å². The molecule has 0 atom stereocenters. The highest BCUT2D eigenvalue weighted by Crippen LogP contribution is 2.39. The van der Waals surface area contributed by atoms with Crippen molar-refractivity contribution in [1.29, 1.82) is 0 Å². The van der Waals surface area contributed by atoms with E-state index in [0.29, 0.717) is 17.2 Å². The number of aromatic nitrogens is 4. The second kappa shape index (κ2) is 13.8. The van der Waals surface area contributed by atoms with E-state index in [4.69, 9.17) is 27.3 Å². The van der Waals surface area contributed by atoms with Crippen molar-refractivity contribution in [3.63, 3.8) is 0 Å². The molecule has 0 fully saturated rings. The maximum atomic E-state index is 9.41. The van der Waals surface area contributed by atoms with Crippen LogP contribution in [0.3, 0.4) is 0 Å². The Morgan fingerprint density at radius 3 is 1.45 bits per heavy atom. The molecule has 0 bridgehead atoms. The van der Waals surface area contributed by atoms with E-state index in [1.54, 1.807) is 24.3 Å². The summed E-state index contributed by atoms with van der Waals surface area (Å²) in [5.74, 6) is 1.07. The summed E-state index contributed by atoms with van der Waals surface area (Å²) in [4.78, 5) is 14.6. The monoisotopic (exact) mass is 718 g/mol. The quantitative estimate of drug-likeness (QED) is 0.165. The van der Waals surface area contributed by atoms with E-state index in [-0.39, 0.29) is 38.8 Å². The molecule has 10 aromatic rings. The largest absolute Gasteiger partial charge is 0.309 e. The summed E-state index contributed by atoms with van der Waals surface area (Å²) in [5.41, 5.74) is 1.78. The zero-order valence-corrected chi connectivity index (χ0v) is 28.7. The number of benzene rings is 8. The number of hydrogen-bond donors (Lipinski definition) is 0. The van der Waals surface area contributed by atoms with Crippen molar-refractivity contribution in [3.05, 3.63) is 206 Å². The van der Waals surface area contributed by atoms with Crippen LogP contribution in [-0.4, -0.2) is 19.5 Å². The van der Waals surface area contributed by atoms with Crippen molar-refractivity contribution in [2.45, 2.75) is 0 Å². The number of nitrogens with zero attached hydrogens (tertiary/aromatic N) is 4. The minimum atomic E-state index is -0.839. The number of rotatable bonds is 7. The lowest BCUT2D eigenvalue weighted by molar-refractivity contribution is 1.07. The van der Waals surface area contributed by atoms with Crippen LogP contribution in [0.4, 0.5) is 0 Å². The lowest BCUT2D eigenvalue weighted by Gasteiger charge is -2.13. The average molecular weight is 719 g/mol. The van der Waals surface area contributed by atoms with E-state index in [2.05, 4.69) is 0 Å². The van der Waals surface area contributed by atoms with E-state index < -0.39 is 113 Å². The summed E-state index contributed by atoms with van der Waals surface area (Å²) in [6, 6.07) is 22.0. The molecule has 0 amide bonds. The van der Waals surface area contributed by atoms with Gasteiger partial charge in [0.1, 0.15) is 0 Å². The second-order valence-electron chi connectivity index (χ2n) is 12.4. The van der Waals surface area contributed by atoms with Gasteiger partial charge < -0.3 is 4.57 Å². The Kier molecular flexibility index (Phi) is 4.93. The van der Waals surface area contributed by atoms with Crippen molar-refractivity contribution in [1.82, 2.24) is 19.5 Å². The fourth-order valence-corrected chi connectivity index (χ4v) is 6.50. The van der Waals surface area contributed by atoms with E-state index in [9.17, 15) is 9.60 Å². The SMILES string of the molecule is [2H]c1c([2H])c([2H])c(-c2c([2H])c([2H])c(-n3c4c([2H])c([2H])c([2H])c([2H])c4c4c([2H])c([2H])c([2H])c(-c5ccc(-c6nc(-c7ccccc7)nc(-c7ccc(-c8ccccc8)cc7)n6)cc5)c43)c([2H])c2[2H])c([2H])c1[2H]. The van der Waals surface area contributed by atoms with Crippen LogP contribution in [0, 0.1) is 0 Å². The average Bonchev–Trinajstić information content (AvgIpc) is 3.74. The standard InChI is InChI=1S/C51H34N4/c1-4-13-35(14-5-1)37-23-27-41(28-24-37)50-52-49(40-17-8-3-9-18-40)53-51(54-50)42-29-25-39(26-30-42)44-20-12-21-46-45-19-10-11-22-47(45)55(48(44)46)43-33-31-38(32-34-43)36-15-6-2-7-16-36/h1-34H/i2D,6D,7D,10D,11D,12D,15D,16D,19D,20D,21D,22D,31D,32D,33D,34D. The molecule has 0 aliphatic heterocycles. The van der Waals surface area contributed by atoms with Gasteiger partial charge in [0.05, 0.1) is 33.0 Å². The third-order valence-electron chi connectivity index (χ3n) is 9.15. The molecule has 0 saturated carbocycles. The molecule has 4 heteroatoms. The molecular weight excluding hydrogens is 669 g/mol. The highest BCUT2D eigenvalue weighted by molar-refractivity contribution is 6.13. The van der Waals surface area contributed by atoms with Gasteiger partial charge in [0.25, 0.3) is 0 Å². The van der Waals surface area contributed by atoms with Crippen LogP contribution < -0.4 is 0 Å². The first-order valence-corrected chi connectivity index (χ1v) is 17.2. The highest BCUT2D eigenvalue weighted by atomic mass is 15.0. The van der Waals surface area contributed by atoms with Crippen LogP contribution in [0.5, 0.6) is 0 Å². The van der Waals surface area contributed by atoms with Gasteiger partial charge in [-0.3, -0.25) is 0 Å². The van der Waals surface area contributed by atoms with Crippen LogP contribution in [0.1, 0.15) is 21.9 Å². The molecule has 0 aliphatic carbocycles. The fraction of sp³-hybridized carbons (Fsp3) is 0. The van der Waals surface area contributed by atoms with Crippen molar-refractivity contribution >= 4 is 21.8 Å². The molecule has 258 valence electrons. The third kappa shape index (κ3) is 6.06. The molecule has 10 rings (SSSR count). The molecule has 8 aromatic carbocycles. The molecule has 0 saturated heterocycles. The smallest absolute Gasteiger partial charge is 0.164 e. The van der Waals surface area contributed by atoms with Gasteiger partial charge in [-0.15, -0.1) is 0 Å². The topological polar surface area (TPSA) is 43.6 Å².